The molecular weight excluding hydrogens is 176 g/mol. The smallest absolute Gasteiger partial charge is 0.156 e. The summed E-state index contributed by atoms with van der Waals surface area (Å²) in [6.45, 7) is 2.08. The van der Waals surface area contributed by atoms with Crippen molar-refractivity contribution in [1.82, 2.24) is 0 Å². The van der Waals surface area contributed by atoms with Gasteiger partial charge >= 0.3 is 0 Å². The first-order chi connectivity index (χ1) is 4.66. The molecule has 0 saturated heterocycles. The van der Waals surface area contributed by atoms with Crippen LogP contribution in [0.3, 0.4) is 0 Å². The molecule has 1 N–H and O–H groups in total. The quantitative estimate of drug-likeness (QED) is 0.609. The molecule has 0 heterocycles. The SMILES string of the molecule is CCOS(=O)CCS(=O)O. The largest absolute Gasteiger partial charge is 0.306 e. The fourth-order valence-corrected chi connectivity index (χ4v) is 1.83. The van der Waals surface area contributed by atoms with Crippen molar-refractivity contribution in [3.63, 3.8) is 0 Å². The van der Waals surface area contributed by atoms with Gasteiger partial charge in [0.2, 0.25) is 0 Å². The number of rotatable bonds is 5. The van der Waals surface area contributed by atoms with Crippen molar-refractivity contribution < 1.29 is 17.2 Å². The first-order valence-electron chi connectivity index (χ1n) is 2.76. The van der Waals surface area contributed by atoms with Crippen LogP contribution in [0.1, 0.15) is 6.92 Å². The van der Waals surface area contributed by atoms with Gasteiger partial charge in [-0.2, -0.15) is 0 Å². The summed E-state index contributed by atoms with van der Waals surface area (Å²) in [5, 5.41) is 0. The summed E-state index contributed by atoms with van der Waals surface area (Å²) in [6, 6.07) is 0. The Kier molecular flexibility index (Phi) is 6.10. The minimum Gasteiger partial charge on any atom is -0.306 e. The lowest BCUT2D eigenvalue weighted by Gasteiger charge is -1.96. The molecule has 2 atom stereocenters. The van der Waals surface area contributed by atoms with Crippen molar-refractivity contribution in [3.8, 4) is 0 Å². The van der Waals surface area contributed by atoms with Gasteiger partial charge in [-0.05, 0) is 6.92 Å². The van der Waals surface area contributed by atoms with Crippen LogP contribution in [0.4, 0.5) is 0 Å². The van der Waals surface area contributed by atoms with E-state index in [1.165, 1.54) is 0 Å². The Hall–Kier alpha value is 0.220. The van der Waals surface area contributed by atoms with Gasteiger partial charge in [-0.25, -0.2) is 8.42 Å². The van der Waals surface area contributed by atoms with Gasteiger partial charge in [0.05, 0.1) is 18.1 Å². The molecule has 0 spiro atoms. The highest BCUT2D eigenvalue weighted by Crippen LogP contribution is 1.86. The van der Waals surface area contributed by atoms with Crippen molar-refractivity contribution in [3.05, 3.63) is 0 Å². The van der Waals surface area contributed by atoms with Crippen molar-refractivity contribution in [2.75, 3.05) is 18.1 Å². The minimum atomic E-state index is -1.86. The first-order valence-corrected chi connectivity index (χ1v) is 5.28. The molecule has 0 bridgehead atoms. The first kappa shape index (κ1) is 10.2. The van der Waals surface area contributed by atoms with E-state index in [2.05, 4.69) is 4.18 Å². The summed E-state index contributed by atoms with van der Waals surface area (Å²) in [6.07, 6.45) is 0. The van der Waals surface area contributed by atoms with E-state index in [1.54, 1.807) is 6.92 Å². The van der Waals surface area contributed by atoms with Gasteiger partial charge in [0, 0.05) is 0 Å². The van der Waals surface area contributed by atoms with E-state index in [0.29, 0.717) is 6.61 Å². The van der Waals surface area contributed by atoms with Crippen molar-refractivity contribution in [1.29, 1.82) is 0 Å². The Morgan fingerprint density at radius 3 is 2.40 bits per heavy atom. The fourth-order valence-electron chi connectivity index (χ4n) is 0.330. The van der Waals surface area contributed by atoms with Crippen LogP contribution >= 0.6 is 0 Å². The van der Waals surface area contributed by atoms with Gasteiger partial charge in [0.1, 0.15) is 0 Å². The molecule has 4 nitrogen and oxygen atoms in total. The topological polar surface area (TPSA) is 63.6 Å². The third-order valence-corrected chi connectivity index (χ3v) is 2.52. The molecule has 0 amide bonds. The molecule has 0 aliphatic carbocycles. The molecule has 0 aromatic carbocycles. The number of hydrogen-bond donors (Lipinski definition) is 1. The predicted molar refractivity (Wildman–Crippen MR) is 40.3 cm³/mol. The molecule has 2 unspecified atom stereocenters. The van der Waals surface area contributed by atoms with Crippen molar-refractivity contribution in [2.24, 2.45) is 0 Å². The lowest BCUT2D eigenvalue weighted by molar-refractivity contribution is 0.372. The zero-order valence-corrected chi connectivity index (χ0v) is 7.24. The van der Waals surface area contributed by atoms with Crippen LogP contribution in [0.15, 0.2) is 0 Å². The zero-order valence-electron chi connectivity index (χ0n) is 5.61. The maximum absolute atomic E-state index is 10.6. The Balaban J connectivity index is 3.30. The van der Waals surface area contributed by atoms with Crippen LogP contribution in [0.5, 0.6) is 0 Å². The normalized spacial score (nSPS) is 16.6. The highest BCUT2D eigenvalue weighted by molar-refractivity contribution is 7.83. The maximum Gasteiger partial charge on any atom is 0.156 e. The van der Waals surface area contributed by atoms with Crippen LogP contribution in [0.2, 0.25) is 0 Å². The lowest BCUT2D eigenvalue weighted by atomic mass is 10.9. The Morgan fingerprint density at radius 1 is 1.40 bits per heavy atom. The molecule has 0 fully saturated rings. The predicted octanol–water partition coefficient (Wildman–Crippen LogP) is -0.0917. The molecule has 6 heteroatoms. The summed E-state index contributed by atoms with van der Waals surface area (Å²) in [4.78, 5) is 0. The maximum atomic E-state index is 10.6. The summed E-state index contributed by atoms with van der Waals surface area (Å²) < 4.78 is 33.5. The fraction of sp³-hybridized carbons (Fsp3) is 1.00. The summed E-state index contributed by atoms with van der Waals surface area (Å²) in [5.41, 5.74) is 0. The second-order valence-electron chi connectivity index (χ2n) is 1.44. The molecule has 0 aromatic rings. The molecule has 0 radical (unpaired) electrons. The second-order valence-corrected chi connectivity index (χ2v) is 3.74. The Bertz CT molecular complexity index is 135. The molecule has 62 valence electrons. The summed E-state index contributed by atoms with van der Waals surface area (Å²) in [5.74, 6) is 0.129. The van der Waals surface area contributed by atoms with E-state index in [-0.39, 0.29) is 11.5 Å². The Labute approximate surface area is 64.9 Å². The minimum absolute atomic E-state index is 0.00656. The van der Waals surface area contributed by atoms with Gasteiger partial charge in [-0.1, -0.05) is 0 Å². The molecule has 0 aliphatic heterocycles. The van der Waals surface area contributed by atoms with Crippen molar-refractivity contribution >= 4 is 22.2 Å². The van der Waals surface area contributed by atoms with Crippen LogP contribution < -0.4 is 0 Å². The summed E-state index contributed by atoms with van der Waals surface area (Å²) >= 11 is -3.26. The van der Waals surface area contributed by atoms with Gasteiger partial charge in [0.25, 0.3) is 0 Å². The van der Waals surface area contributed by atoms with Gasteiger partial charge in [-0.3, -0.25) is 4.18 Å². The average Bonchev–Trinajstić information content (AvgIpc) is 1.85. The van der Waals surface area contributed by atoms with Gasteiger partial charge in [-0.15, -0.1) is 0 Å². The second kappa shape index (κ2) is 5.96. The van der Waals surface area contributed by atoms with Gasteiger partial charge in [0.15, 0.2) is 22.2 Å². The highest BCUT2D eigenvalue weighted by atomic mass is 32.2. The molecular formula is C4H10O4S2. The monoisotopic (exact) mass is 186 g/mol. The van der Waals surface area contributed by atoms with E-state index >= 15 is 0 Å². The summed E-state index contributed by atoms with van der Waals surface area (Å²) in [7, 11) is 0. The van der Waals surface area contributed by atoms with E-state index in [9.17, 15) is 8.42 Å². The molecule has 0 aliphatic rings. The standard InChI is InChI=1S/C4H10O4S2/c1-2-8-10(7)4-3-9(5)6/h2-4H2,1H3,(H,5,6). The van der Waals surface area contributed by atoms with Crippen molar-refractivity contribution in [2.45, 2.75) is 6.92 Å². The third-order valence-electron chi connectivity index (χ3n) is 0.674. The molecule has 0 rings (SSSR count). The van der Waals surface area contributed by atoms with Crippen LogP contribution in [0, 0.1) is 0 Å². The van der Waals surface area contributed by atoms with E-state index in [4.69, 9.17) is 4.55 Å². The van der Waals surface area contributed by atoms with E-state index < -0.39 is 22.2 Å². The zero-order chi connectivity index (χ0) is 7.98. The number of hydrogen-bond acceptors (Lipinski definition) is 3. The molecule has 10 heavy (non-hydrogen) atoms. The van der Waals surface area contributed by atoms with Crippen LogP contribution in [-0.2, 0) is 26.3 Å². The van der Waals surface area contributed by atoms with Gasteiger partial charge < -0.3 is 4.55 Å². The highest BCUT2D eigenvalue weighted by Gasteiger charge is 2.00. The Morgan fingerprint density at radius 2 is 2.00 bits per heavy atom. The lowest BCUT2D eigenvalue weighted by Crippen LogP contribution is -2.09. The van der Waals surface area contributed by atoms with Crippen LogP contribution in [0.25, 0.3) is 0 Å². The molecule has 0 aromatic heterocycles. The average molecular weight is 186 g/mol. The van der Waals surface area contributed by atoms with E-state index in [1.807, 2.05) is 0 Å². The molecule has 0 saturated carbocycles. The van der Waals surface area contributed by atoms with E-state index in [0.717, 1.165) is 0 Å². The third kappa shape index (κ3) is 6.34. The van der Waals surface area contributed by atoms with Crippen LogP contribution in [-0.4, -0.2) is 31.1 Å².